The van der Waals surface area contributed by atoms with Crippen molar-refractivity contribution in [1.82, 2.24) is 14.8 Å². The lowest BCUT2D eigenvalue weighted by Crippen LogP contribution is -2.31. The third-order valence-corrected chi connectivity index (χ3v) is 5.52. The summed E-state index contributed by atoms with van der Waals surface area (Å²) in [5.74, 6) is 1.66. The lowest BCUT2D eigenvalue weighted by Gasteiger charge is -2.30. The summed E-state index contributed by atoms with van der Waals surface area (Å²) in [5, 5.41) is 10.8. The number of nitrogens with zero attached hydrogens (tertiary/aromatic N) is 3. The molecule has 2 N–H and O–H groups in total. The lowest BCUT2D eigenvalue weighted by molar-refractivity contribution is -0.113. The number of hydrogen-bond donors (Lipinski definition) is 2. The highest BCUT2D eigenvalue weighted by molar-refractivity contribution is 6.33. The predicted molar refractivity (Wildman–Crippen MR) is 121 cm³/mol. The number of rotatable bonds is 6. The Kier molecular flexibility index (Phi) is 5.91. The fourth-order valence-corrected chi connectivity index (χ4v) is 3.87. The van der Waals surface area contributed by atoms with Gasteiger partial charge < -0.3 is 24.8 Å². The summed E-state index contributed by atoms with van der Waals surface area (Å²) in [4.78, 5) is 17.8. The number of benzene rings is 2. The van der Waals surface area contributed by atoms with Gasteiger partial charge in [-0.05, 0) is 25.1 Å². The van der Waals surface area contributed by atoms with Crippen LogP contribution in [0, 0.1) is 0 Å². The molecule has 0 saturated heterocycles. The first-order valence-electron chi connectivity index (χ1n) is 9.71. The molecule has 3 aromatic rings. The average Bonchev–Trinajstić information content (AvgIpc) is 3.26. The van der Waals surface area contributed by atoms with E-state index in [1.54, 1.807) is 69.3 Å². The van der Waals surface area contributed by atoms with Crippen LogP contribution in [0.3, 0.4) is 0 Å². The largest absolute Gasteiger partial charge is 0.496 e. The number of ether oxygens (including phenoxy) is 3. The Labute approximate surface area is 190 Å². The highest BCUT2D eigenvalue weighted by Crippen LogP contribution is 2.44. The second-order valence-corrected chi connectivity index (χ2v) is 7.38. The molecule has 0 unspecified atom stereocenters. The molecule has 1 aromatic heterocycles. The number of para-hydroxylation sites is 1. The van der Waals surface area contributed by atoms with Gasteiger partial charge in [0.2, 0.25) is 5.95 Å². The predicted octanol–water partition coefficient (Wildman–Crippen LogP) is 3.88. The number of allylic oxidation sites excluding steroid dienone is 1. The van der Waals surface area contributed by atoms with Crippen molar-refractivity contribution in [1.29, 1.82) is 0 Å². The molecule has 0 radical (unpaired) electrons. The Morgan fingerprint density at radius 2 is 1.78 bits per heavy atom. The van der Waals surface area contributed by atoms with Crippen molar-refractivity contribution in [3.8, 4) is 17.2 Å². The Hall–Kier alpha value is -3.72. The summed E-state index contributed by atoms with van der Waals surface area (Å²) in [7, 11) is 4.64. The first kappa shape index (κ1) is 21.5. The van der Waals surface area contributed by atoms with Crippen LogP contribution in [0.15, 0.2) is 54.0 Å². The minimum Gasteiger partial charge on any atom is -0.496 e. The van der Waals surface area contributed by atoms with Crippen LogP contribution in [0.5, 0.6) is 17.2 Å². The van der Waals surface area contributed by atoms with Gasteiger partial charge in [0.05, 0.1) is 37.6 Å². The van der Waals surface area contributed by atoms with Crippen LogP contribution in [0.1, 0.15) is 18.5 Å². The van der Waals surface area contributed by atoms with Gasteiger partial charge >= 0.3 is 0 Å². The van der Waals surface area contributed by atoms with E-state index in [2.05, 4.69) is 20.7 Å². The number of halogens is 1. The molecule has 1 aliphatic heterocycles. The van der Waals surface area contributed by atoms with Gasteiger partial charge in [0.25, 0.3) is 5.91 Å². The van der Waals surface area contributed by atoms with Gasteiger partial charge in [0.1, 0.15) is 18.1 Å². The molecule has 32 heavy (non-hydrogen) atoms. The number of hydrogen-bond acceptors (Lipinski definition) is 7. The van der Waals surface area contributed by atoms with E-state index < -0.39 is 6.04 Å². The molecule has 0 fully saturated rings. The van der Waals surface area contributed by atoms with Crippen molar-refractivity contribution in [2.24, 2.45) is 0 Å². The highest BCUT2D eigenvalue weighted by atomic mass is 35.5. The van der Waals surface area contributed by atoms with E-state index in [1.807, 2.05) is 0 Å². The van der Waals surface area contributed by atoms with Crippen LogP contribution < -0.4 is 24.8 Å². The maximum Gasteiger partial charge on any atom is 0.255 e. The van der Waals surface area contributed by atoms with E-state index in [1.165, 1.54) is 6.33 Å². The number of fused-ring (bicyclic) bond motifs is 1. The Bertz CT molecular complexity index is 1210. The number of amides is 1. The molecule has 0 saturated carbocycles. The summed E-state index contributed by atoms with van der Waals surface area (Å²) in [5.41, 5.74) is 2.20. The Morgan fingerprint density at radius 3 is 2.47 bits per heavy atom. The topological polar surface area (TPSA) is 99.5 Å². The fourth-order valence-electron chi connectivity index (χ4n) is 3.69. The van der Waals surface area contributed by atoms with Crippen LogP contribution in [0.2, 0.25) is 5.02 Å². The standard InChI is InChI=1S/C22H22ClN5O4/c1-12-19(21(29)27-15-8-6-5-7-14(15)23)20(28-22(26-12)24-11-25-28)13-9-17(31-3)18(32-4)10-16(13)30-2/h5-11,20H,1-4H3,(H,27,29)(H,24,25,26)/t20-/m0/s1. The zero-order valence-electron chi connectivity index (χ0n) is 18.0. The molecule has 4 rings (SSSR count). The Morgan fingerprint density at radius 1 is 1.09 bits per heavy atom. The van der Waals surface area contributed by atoms with E-state index >= 15 is 0 Å². The van der Waals surface area contributed by atoms with Crippen LogP contribution in [-0.2, 0) is 4.79 Å². The molecule has 0 spiro atoms. The van der Waals surface area contributed by atoms with Gasteiger partial charge in [-0.3, -0.25) is 4.79 Å². The molecule has 10 heteroatoms. The molecular formula is C22H22ClN5O4. The normalized spacial score (nSPS) is 15.0. The average molecular weight is 456 g/mol. The summed E-state index contributed by atoms with van der Waals surface area (Å²) in [6.45, 7) is 1.81. The lowest BCUT2D eigenvalue weighted by atomic mass is 9.93. The third kappa shape index (κ3) is 3.71. The number of carbonyl (C=O) groups is 1. The molecule has 9 nitrogen and oxygen atoms in total. The molecule has 2 heterocycles. The zero-order valence-corrected chi connectivity index (χ0v) is 18.7. The van der Waals surface area contributed by atoms with Crippen LogP contribution in [0.4, 0.5) is 11.6 Å². The van der Waals surface area contributed by atoms with Crippen molar-refractivity contribution in [2.45, 2.75) is 13.0 Å². The van der Waals surface area contributed by atoms with Gasteiger partial charge in [-0.2, -0.15) is 10.1 Å². The maximum absolute atomic E-state index is 13.5. The molecule has 0 aliphatic carbocycles. The third-order valence-electron chi connectivity index (χ3n) is 5.19. The molecular weight excluding hydrogens is 434 g/mol. The quantitative estimate of drug-likeness (QED) is 0.581. The number of carbonyl (C=O) groups excluding carboxylic acids is 1. The van der Waals surface area contributed by atoms with Crippen molar-refractivity contribution in [3.63, 3.8) is 0 Å². The van der Waals surface area contributed by atoms with Crippen molar-refractivity contribution in [2.75, 3.05) is 32.0 Å². The van der Waals surface area contributed by atoms with Crippen molar-refractivity contribution < 1.29 is 19.0 Å². The second kappa shape index (κ2) is 8.80. The first-order valence-corrected chi connectivity index (χ1v) is 10.1. The minimum absolute atomic E-state index is 0.342. The van der Waals surface area contributed by atoms with Crippen molar-refractivity contribution in [3.05, 3.63) is 64.6 Å². The SMILES string of the molecule is COc1cc(OC)c([C@H]2C(C(=O)Nc3ccccc3Cl)=C(C)Nc3ncnn32)cc1OC. The highest BCUT2D eigenvalue weighted by Gasteiger charge is 2.36. The molecule has 166 valence electrons. The molecule has 0 bridgehead atoms. The Balaban J connectivity index is 1.87. The number of methoxy groups -OCH3 is 3. The molecule has 1 amide bonds. The number of nitrogens with one attached hydrogen (secondary N) is 2. The van der Waals surface area contributed by atoms with Gasteiger partial charge in [-0.15, -0.1) is 0 Å². The summed E-state index contributed by atoms with van der Waals surface area (Å²) < 4.78 is 18.2. The minimum atomic E-state index is -0.647. The zero-order chi connectivity index (χ0) is 22.8. The van der Waals surface area contributed by atoms with Crippen LogP contribution >= 0.6 is 11.6 Å². The number of aromatic nitrogens is 3. The van der Waals surface area contributed by atoms with Gasteiger partial charge in [0.15, 0.2) is 11.5 Å². The van der Waals surface area contributed by atoms with Gasteiger partial charge in [-0.1, -0.05) is 23.7 Å². The smallest absolute Gasteiger partial charge is 0.255 e. The number of anilines is 2. The van der Waals surface area contributed by atoms with E-state index in [0.29, 0.717) is 50.7 Å². The molecule has 1 atom stereocenters. The molecule has 2 aromatic carbocycles. The van der Waals surface area contributed by atoms with E-state index in [9.17, 15) is 4.79 Å². The fraction of sp³-hybridized carbons (Fsp3) is 0.227. The van der Waals surface area contributed by atoms with Crippen molar-refractivity contribution >= 4 is 29.1 Å². The van der Waals surface area contributed by atoms with E-state index in [0.717, 1.165) is 0 Å². The summed E-state index contributed by atoms with van der Waals surface area (Å²) in [6.07, 6.45) is 1.42. The van der Waals surface area contributed by atoms with E-state index in [-0.39, 0.29) is 5.91 Å². The van der Waals surface area contributed by atoms with Gasteiger partial charge in [0, 0.05) is 17.3 Å². The van der Waals surface area contributed by atoms with Gasteiger partial charge in [-0.25, -0.2) is 4.68 Å². The van der Waals surface area contributed by atoms with E-state index in [4.69, 9.17) is 25.8 Å². The first-order chi connectivity index (χ1) is 15.5. The summed E-state index contributed by atoms with van der Waals surface area (Å²) in [6, 6.07) is 9.88. The second-order valence-electron chi connectivity index (χ2n) is 6.98. The molecule has 1 aliphatic rings. The van der Waals surface area contributed by atoms with Crippen LogP contribution in [-0.4, -0.2) is 42.0 Å². The maximum atomic E-state index is 13.5. The summed E-state index contributed by atoms with van der Waals surface area (Å²) >= 11 is 6.26. The monoisotopic (exact) mass is 455 g/mol. The van der Waals surface area contributed by atoms with Crippen LogP contribution in [0.25, 0.3) is 0 Å².